The van der Waals surface area contributed by atoms with Gasteiger partial charge in [0.2, 0.25) is 0 Å². The molecule has 0 aliphatic rings. The van der Waals surface area contributed by atoms with Crippen molar-refractivity contribution in [2.75, 3.05) is 19.8 Å². The van der Waals surface area contributed by atoms with Crippen LogP contribution in [0.4, 0.5) is 4.79 Å². The van der Waals surface area contributed by atoms with Crippen molar-refractivity contribution in [1.82, 2.24) is 25.1 Å². The SMILES string of the molecule is CN(C)C(=O)n1nc(C(C)(C)C)nc1SCC(=O)NN=Cc1ccccc1. The molecule has 1 N–H and O–H groups in total. The summed E-state index contributed by atoms with van der Waals surface area (Å²) in [5, 5.41) is 8.62. The molecule has 0 aliphatic carbocycles. The van der Waals surface area contributed by atoms with Crippen molar-refractivity contribution in [1.29, 1.82) is 0 Å². The number of rotatable bonds is 5. The van der Waals surface area contributed by atoms with E-state index in [1.165, 1.54) is 9.58 Å². The second kappa shape index (κ2) is 8.81. The minimum Gasteiger partial charge on any atom is -0.329 e. The fraction of sp³-hybridized carbons (Fsp3) is 0.389. The van der Waals surface area contributed by atoms with E-state index in [9.17, 15) is 9.59 Å². The van der Waals surface area contributed by atoms with Crippen LogP contribution >= 0.6 is 11.8 Å². The van der Waals surface area contributed by atoms with Gasteiger partial charge < -0.3 is 4.90 Å². The van der Waals surface area contributed by atoms with Crippen LogP contribution in [0.5, 0.6) is 0 Å². The fourth-order valence-electron chi connectivity index (χ4n) is 1.90. The number of hydrazone groups is 1. The average molecular weight is 388 g/mol. The lowest BCUT2D eigenvalue weighted by molar-refractivity contribution is -0.118. The van der Waals surface area contributed by atoms with Crippen molar-refractivity contribution in [2.24, 2.45) is 5.10 Å². The Hall–Kier alpha value is -2.68. The summed E-state index contributed by atoms with van der Waals surface area (Å²) in [6, 6.07) is 9.13. The molecule has 144 valence electrons. The highest BCUT2D eigenvalue weighted by molar-refractivity contribution is 7.99. The summed E-state index contributed by atoms with van der Waals surface area (Å²) in [5.41, 5.74) is 3.04. The number of amides is 2. The second-order valence-electron chi connectivity index (χ2n) is 7.05. The van der Waals surface area contributed by atoms with Gasteiger partial charge in [-0.15, -0.1) is 5.10 Å². The van der Waals surface area contributed by atoms with Crippen molar-refractivity contribution >= 4 is 29.9 Å². The molecule has 1 aromatic carbocycles. The predicted octanol–water partition coefficient (Wildman–Crippen LogP) is 2.35. The van der Waals surface area contributed by atoms with Gasteiger partial charge in [0.05, 0.1) is 12.0 Å². The third-order valence-corrected chi connectivity index (χ3v) is 4.28. The van der Waals surface area contributed by atoms with Crippen molar-refractivity contribution < 1.29 is 9.59 Å². The third-order valence-electron chi connectivity index (χ3n) is 3.35. The number of carbonyl (C=O) groups is 2. The van der Waals surface area contributed by atoms with E-state index in [0.29, 0.717) is 11.0 Å². The van der Waals surface area contributed by atoms with Gasteiger partial charge in [0, 0.05) is 19.5 Å². The molecule has 0 bridgehead atoms. The van der Waals surface area contributed by atoms with Gasteiger partial charge in [-0.2, -0.15) is 9.78 Å². The molecule has 2 amide bonds. The monoisotopic (exact) mass is 388 g/mol. The number of hydrogen-bond acceptors (Lipinski definition) is 6. The lowest BCUT2D eigenvalue weighted by Gasteiger charge is -2.13. The first-order valence-electron chi connectivity index (χ1n) is 8.37. The Morgan fingerprint density at radius 3 is 2.52 bits per heavy atom. The number of nitrogens with zero attached hydrogens (tertiary/aromatic N) is 5. The molecule has 0 unspecified atom stereocenters. The Balaban J connectivity index is 2.03. The van der Waals surface area contributed by atoms with Gasteiger partial charge in [-0.1, -0.05) is 62.9 Å². The molecule has 0 saturated heterocycles. The third kappa shape index (κ3) is 5.92. The highest BCUT2D eigenvalue weighted by Crippen LogP contribution is 2.23. The summed E-state index contributed by atoms with van der Waals surface area (Å²) in [6.07, 6.45) is 1.57. The van der Waals surface area contributed by atoms with Gasteiger partial charge in [0.15, 0.2) is 11.0 Å². The summed E-state index contributed by atoms with van der Waals surface area (Å²) < 4.78 is 1.23. The molecule has 8 nitrogen and oxygen atoms in total. The standard InChI is InChI=1S/C18H24N6O2S/c1-18(2,3)15-20-16(24(22-15)17(26)23(4)5)27-12-14(25)21-19-11-13-9-7-6-8-10-13/h6-11H,12H2,1-5H3,(H,21,25). The first-order chi connectivity index (χ1) is 12.7. The molecular weight excluding hydrogens is 364 g/mol. The van der Waals surface area contributed by atoms with E-state index in [4.69, 9.17) is 0 Å². The molecule has 0 atom stereocenters. The normalized spacial score (nSPS) is 11.6. The number of aromatic nitrogens is 3. The van der Waals surface area contributed by atoms with Crippen molar-refractivity contribution in [3.8, 4) is 0 Å². The number of thioether (sulfide) groups is 1. The first-order valence-corrected chi connectivity index (χ1v) is 9.36. The maximum absolute atomic E-state index is 12.3. The van der Waals surface area contributed by atoms with E-state index >= 15 is 0 Å². The van der Waals surface area contributed by atoms with Crippen molar-refractivity contribution in [3.05, 3.63) is 41.7 Å². The molecular formula is C18H24N6O2S. The zero-order valence-electron chi connectivity index (χ0n) is 16.1. The van der Waals surface area contributed by atoms with Gasteiger partial charge in [-0.05, 0) is 5.56 Å². The quantitative estimate of drug-likeness (QED) is 0.482. The minimum atomic E-state index is -0.317. The predicted molar refractivity (Wildman–Crippen MR) is 106 cm³/mol. The molecule has 1 heterocycles. The Kier molecular flexibility index (Phi) is 6.73. The highest BCUT2D eigenvalue weighted by atomic mass is 32.2. The summed E-state index contributed by atoms with van der Waals surface area (Å²) in [4.78, 5) is 30.2. The van der Waals surface area contributed by atoms with Crippen LogP contribution in [-0.4, -0.2) is 57.7 Å². The number of carbonyl (C=O) groups excluding carboxylic acids is 2. The van der Waals surface area contributed by atoms with Gasteiger partial charge >= 0.3 is 6.03 Å². The largest absolute Gasteiger partial charge is 0.346 e. The average Bonchev–Trinajstić information content (AvgIpc) is 3.04. The van der Waals surface area contributed by atoms with Crippen molar-refractivity contribution in [3.63, 3.8) is 0 Å². The van der Waals surface area contributed by atoms with Crippen LogP contribution in [0.2, 0.25) is 0 Å². The van der Waals surface area contributed by atoms with E-state index in [1.807, 2.05) is 51.1 Å². The summed E-state index contributed by atoms with van der Waals surface area (Å²) in [5.74, 6) is 0.314. The summed E-state index contributed by atoms with van der Waals surface area (Å²) in [6.45, 7) is 5.89. The fourth-order valence-corrected chi connectivity index (χ4v) is 2.62. The maximum atomic E-state index is 12.3. The number of nitrogens with one attached hydrogen (secondary N) is 1. The molecule has 0 fully saturated rings. The Morgan fingerprint density at radius 1 is 1.26 bits per heavy atom. The topological polar surface area (TPSA) is 92.5 Å². The second-order valence-corrected chi connectivity index (χ2v) is 7.99. The molecule has 0 spiro atoms. The van der Waals surface area contributed by atoms with Crippen LogP contribution in [-0.2, 0) is 10.2 Å². The van der Waals surface area contributed by atoms with Crippen LogP contribution < -0.4 is 5.43 Å². The van der Waals surface area contributed by atoms with Crippen LogP contribution in [0.15, 0.2) is 40.6 Å². The summed E-state index contributed by atoms with van der Waals surface area (Å²) in [7, 11) is 3.28. The zero-order valence-corrected chi connectivity index (χ0v) is 16.9. The van der Waals surface area contributed by atoms with Crippen LogP contribution in [0.1, 0.15) is 32.2 Å². The van der Waals surface area contributed by atoms with Gasteiger partial charge in [0.1, 0.15) is 0 Å². The van der Waals surface area contributed by atoms with Gasteiger partial charge in [-0.25, -0.2) is 15.2 Å². The van der Waals surface area contributed by atoms with E-state index < -0.39 is 0 Å². The Morgan fingerprint density at radius 2 is 1.93 bits per heavy atom. The minimum absolute atomic E-state index is 0.0646. The molecule has 1 aromatic heterocycles. The van der Waals surface area contributed by atoms with E-state index in [-0.39, 0.29) is 23.1 Å². The molecule has 0 aliphatic heterocycles. The lowest BCUT2D eigenvalue weighted by Crippen LogP contribution is -2.29. The van der Waals surface area contributed by atoms with E-state index in [0.717, 1.165) is 17.3 Å². The maximum Gasteiger partial charge on any atom is 0.346 e. The number of benzene rings is 1. The van der Waals surface area contributed by atoms with Crippen LogP contribution in [0.3, 0.4) is 0 Å². The zero-order chi connectivity index (χ0) is 20.0. The molecule has 9 heteroatoms. The smallest absolute Gasteiger partial charge is 0.329 e. The molecule has 0 saturated carbocycles. The molecule has 2 rings (SSSR count). The Bertz CT molecular complexity index is 824. The molecule has 2 aromatic rings. The first kappa shape index (κ1) is 20.6. The van der Waals surface area contributed by atoms with E-state index in [1.54, 1.807) is 20.3 Å². The lowest BCUT2D eigenvalue weighted by atomic mass is 9.96. The van der Waals surface area contributed by atoms with Crippen molar-refractivity contribution in [2.45, 2.75) is 31.3 Å². The van der Waals surface area contributed by atoms with E-state index in [2.05, 4.69) is 20.6 Å². The van der Waals surface area contributed by atoms with Gasteiger partial charge in [0.25, 0.3) is 5.91 Å². The van der Waals surface area contributed by atoms with Gasteiger partial charge in [-0.3, -0.25) is 4.79 Å². The van der Waals surface area contributed by atoms with Crippen LogP contribution in [0.25, 0.3) is 0 Å². The highest BCUT2D eigenvalue weighted by Gasteiger charge is 2.25. The Labute approximate surface area is 163 Å². The van der Waals surface area contributed by atoms with Crippen LogP contribution in [0, 0.1) is 0 Å². The number of hydrogen-bond donors (Lipinski definition) is 1. The summed E-state index contributed by atoms with van der Waals surface area (Å²) >= 11 is 1.14. The molecule has 27 heavy (non-hydrogen) atoms. The molecule has 0 radical (unpaired) electrons.